The first-order valence-electron chi connectivity index (χ1n) is 11.7. The Morgan fingerprint density at radius 1 is 1.27 bits per heavy atom. The molecule has 182 valence electrons. The van der Waals surface area contributed by atoms with Crippen molar-refractivity contribution in [3.63, 3.8) is 0 Å². The molecule has 0 aromatic rings. The van der Waals surface area contributed by atoms with E-state index in [0.29, 0.717) is 6.42 Å². The van der Waals surface area contributed by atoms with Gasteiger partial charge in [0.1, 0.15) is 12.8 Å². The lowest BCUT2D eigenvalue weighted by atomic mass is 9.45. The number of carbonyl (C=O) groups is 3. The van der Waals surface area contributed by atoms with Crippen LogP contribution in [0.1, 0.15) is 53.4 Å². The average Bonchev–Trinajstić information content (AvgIpc) is 2.98. The second-order valence-corrected chi connectivity index (χ2v) is 11.3. The number of aliphatic hydroxyl groups is 2. The standard InChI is InChI=1S/C25H32ClFO6/c1-5-21(32)33-25(20(31)12-28)13(2)8-15-16-10-18(27)17-9-14(29)6-7-22(17,3)24(16,26)19(30)11-23(15,25)4/h6-7,9,13,15-16,18-19,28,30H,5,8,10-12H2,1-4H3/t13-,15-,16-,18-,19?,22-,23-,24-,25-/m0/s1. The van der Waals surface area contributed by atoms with Gasteiger partial charge >= 0.3 is 5.97 Å². The maximum absolute atomic E-state index is 15.6. The van der Waals surface area contributed by atoms with Crippen molar-refractivity contribution in [3.05, 3.63) is 23.8 Å². The third-order valence-electron chi connectivity index (χ3n) is 9.29. The molecule has 9 atom stereocenters. The monoisotopic (exact) mass is 482 g/mol. The minimum atomic E-state index is -1.64. The highest BCUT2D eigenvalue weighted by atomic mass is 35.5. The number of hydrogen-bond acceptors (Lipinski definition) is 6. The number of rotatable bonds is 4. The minimum absolute atomic E-state index is 0.0127. The Hall–Kier alpha value is -1.57. The Morgan fingerprint density at radius 3 is 2.55 bits per heavy atom. The van der Waals surface area contributed by atoms with E-state index in [4.69, 9.17) is 16.3 Å². The van der Waals surface area contributed by atoms with Crippen molar-refractivity contribution in [2.45, 2.75) is 76.1 Å². The van der Waals surface area contributed by atoms with Gasteiger partial charge in [0.2, 0.25) is 5.78 Å². The quantitative estimate of drug-likeness (QED) is 0.471. The zero-order valence-corrected chi connectivity index (χ0v) is 20.2. The number of ether oxygens (including phenoxy) is 1. The summed E-state index contributed by atoms with van der Waals surface area (Å²) in [6.45, 7) is 6.15. The lowest BCUT2D eigenvalue weighted by molar-refractivity contribution is -0.203. The molecular formula is C25H32ClFO6. The summed E-state index contributed by atoms with van der Waals surface area (Å²) >= 11 is 7.31. The molecular weight excluding hydrogens is 451 g/mol. The Balaban J connectivity index is 1.88. The van der Waals surface area contributed by atoms with Gasteiger partial charge < -0.3 is 14.9 Å². The van der Waals surface area contributed by atoms with Crippen LogP contribution >= 0.6 is 11.6 Å². The molecule has 4 rings (SSSR count). The maximum atomic E-state index is 15.6. The molecule has 0 aromatic heterocycles. The minimum Gasteiger partial charge on any atom is -0.450 e. The topological polar surface area (TPSA) is 101 Å². The number of Topliss-reactive ketones (excluding diaryl/α,β-unsaturated/α-hetero) is 1. The largest absolute Gasteiger partial charge is 0.450 e. The number of alkyl halides is 2. The van der Waals surface area contributed by atoms with Gasteiger partial charge in [-0.15, -0.1) is 11.6 Å². The smallest absolute Gasteiger partial charge is 0.306 e. The Kier molecular flexibility index (Phi) is 5.74. The summed E-state index contributed by atoms with van der Waals surface area (Å²) in [7, 11) is 0. The highest BCUT2D eigenvalue weighted by Gasteiger charge is 2.77. The van der Waals surface area contributed by atoms with E-state index in [2.05, 4.69) is 0 Å². The molecule has 4 aliphatic carbocycles. The van der Waals surface area contributed by atoms with E-state index < -0.39 is 63.8 Å². The summed E-state index contributed by atoms with van der Waals surface area (Å²) in [4.78, 5) is 36.4. The predicted molar refractivity (Wildman–Crippen MR) is 119 cm³/mol. The van der Waals surface area contributed by atoms with Gasteiger partial charge in [-0.05, 0) is 48.8 Å². The SMILES string of the molecule is CCC(=O)O[C@]1(C(=O)CO)[C@@H](C)C[C@H]2[C@@H]3C[C@H](F)C4=CC(=O)C=C[C@]4(C)[C@@]3(Cl)C(O)C[C@@]21C. The summed E-state index contributed by atoms with van der Waals surface area (Å²) in [5, 5.41) is 21.4. The number of aliphatic hydroxyl groups excluding tert-OH is 2. The molecule has 0 amide bonds. The Morgan fingerprint density at radius 2 is 1.94 bits per heavy atom. The van der Waals surface area contributed by atoms with Gasteiger partial charge in [0.15, 0.2) is 11.4 Å². The molecule has 0 radical (unpaired) electrons. The van der Waals surface area contributed by atoms with Crippen LogP contribution in [0.2, 0.25) is 0 Å². The van der Waals surface area contributed by atoms with E-state index in [9.17, 15) is 24.6 Å². The molecule has 0 heterocycles. The molecule has 0 bridgehead atoms. The highest BCUT2D eigenvalue weighted by molar-refractivity contribution is 6.26. The zero-order chi connectivity index (χ0) is 24.6. The fourth-order valence-corrected chi connectivity index (χ4v) is 8.25. The van der Waals surface area contributed by atoms with Gasteiger partial charge in [-0.25, -0.2) is 4.39 Å². The van der Waals surface area contributed by atoms with Crippen molar-refractivity contribution in [2.24, 2.45) is 28.6 Å². The number of halogens is 2. The van der Waals surface area contributed by atoms with Gasteiger partial charge in [0.05, 0.1) is 11.0 Å². The predicted octanol–water partition coefficient (Wildman–Crippen LogP) is 3.07. The normalized spacial score (nSPS) is 48.4. The van der Waals surface area contributed by atoms with E-state index in [0.717, 1.165) is 0 Å². The number of fused-ring (bicyclic) bond motifs is 5. The van der Waals surface area contributed by atoms with Crippen LogP contribution in [0.4, 0.5) is 4.39 Å². The van der Waals surface area contributed by atoms with Crippen LogP contribution in [0.3, 0.4) is 0 Å². The fourth-order valence-electron chi connectivity index (χ4n) is 7.76. The summed E-state index contributed by atoms with van der Waals surface area (Å²) in [6, 6.07) is 0. The number of ketones is 2. The van der Waals surface area contributed by atoms with E-state index in [-0.39, 0.29) is 36.5 Å². The molecule has 33 heavy (non-hydrogen) atoms. The molecule has 3 fully saturated rings. The van der Waals surface area contributed by atoms with Gasteiger partial charge in [0, 0.05) is 23.2 Å². The van der Waals surface area contributed by atoms with Crippen molar-refractivity contribution in [1.82, 2.24) is 0 Å². The van der Waals surface area contributed by atoms with Crippen molar-refractivity contribution in [1.29, 1.82) is 0 Å². The summed E-state index contributed by atoms with van der Waals surface area (Å²) in [6.07, 6.45) is 2.13. The summed E-state index contributed by atoms with van der Waals surface area (Å²) in [5.41, 5.74) is -3.52. The van der Waals surface area contributed by atoms with Crippen LogP contribution in [-0.2, 0) is 19.1 Å². The summed E-state index contributed by atoms with van der Waals surface area (Å²) in [5.74, 6) is -2.86. The number of hydrogen-bond donors (Lipinski definition) is 2. The molecule has 8 heteroatoms. The van der Waals surface area contributed by atoms with Crippen molar-refractivity contribution < 1.29 is 33.7 Å². The lowest BCUT2D eigenvalue weighted by Crippen LogP contribution is -2.70. The third-order valence-corrected chi connectivity index (χ3v) is 10.2. The first-order valence-corrected chi connectivity index (χ1v) is 12.0. The lowest BCUT2D eigenvalue weighted by Gasteiger charge is -2.64. The Bertz CT molecular complexity index is 963. The van der Waals surface area contributed by atoms with E-state index in [1.165, 1.54) is 12.2 Å². The molecule has 0 saturated heterocycles. The highest BCUT2D eigenvalue weighted by Crippen LogP contribution is 2.72. The third kappa shape index (κ3) is 2.88. The second-order valence-electron chi connectivity index (χ2n) is 10.6. The van der Waals surface area contributed by atoms with Crippen LogP contribution < -0.4 is 0 Å². The Labute approximate surface area is 198 Å². The molecule has 0 aromatic carbocycles. The molecule has 3 saturated carbocycles. The molecule has 2 N–H and O–H groups in total. The van der Waals surface area contributed by atoms with Crippen molar-refractivity contribution >= 4 is 29.1 Å². The maximum Gasteiger partial charge on any atom is 0.306 e. The van der Waals surface area contributed by atoms with Crippen LogP contribution in [0.5, 0.6) is 0 Å². The van der Waals surface area contributed by atoms with E-state index in [1.807, 2.05) is 0 Å². The zero-order valence-electron chi connectivity index (χ0n) is 19.4. The molecule has 4 aliphatic rings. The molecule has 1 unspecified atom stereocenters. The number of carbonyl (C=O) groups excluding carboxylic acids is 3. The number of esters is 1. The first-order chi connectivity index (χ1) is 15.3. The van der Waals surface area contributed by atoms with E-state index >= 15 is 4.39 Å². The van der Waals surface area contributed by atoms with Crippen LogP contribution in [0.15, 0.2) is 23.8 Å². The molecule has 0 aliphatic heterocycles. The van der Waals surface area contributed by atoms with Crippen LogP contribution in [0.25, 0.3) is 0 Å². The van der Waals surface area contributed by atoms with Crippen molar-refractivity contribution in [3.8, 4) is 0 Å². The van der Waals surface area contributed by atoms with Gasteiger partial charge in [0.25, 0.3) is 0 Å². The summed E-state index contributed by atoms with van der Waals surface area (Å²) < 4.78 is 21.4. The molecule has 0 spiro atoms. The second kappa shape index (κ2) is 7.72. The molecule has 6 nitrogen and oxygen atoms in total. The first kappa shape index (κ1) is 24.6. The van der Waals surface area contributed by atoms with Gasteiger partial charge in [-0.2, -0.15) is 0 Å². The van der Waals surface area contributed by atoms with Crippen LogP contribution in [0, 0.1) is 28.6 Å². The van der Waals surface area contributed by atoms with Crippen molar-refractivity contribution in [2.75, 3.05) is 6.61 Å². The average molecular weight is 483 g/mol. The number of allylic oxidation sites excluding steroid dienone is 4. The van der Waals surface area contributed by atoms with Gasteiger partial charge in [-0.3, -0.25) is 14.4 Å². The fraction of sp³-hybridized carbons (Fsp3) is 0.720. The van der Waals surface area contributed by atoms with E-state index in [1.54, 1.807) is 33.8 Å². The van der Waals surface area contributed by atoms with Gasteiger partial charge in [-0.1, -0.05) is 33.8 Å². The van der Waals surface area contributed by atoms with Crippen LogP contribution in [-0.4, -0.2) is 57.1 Å².